The van der Waals surface area contributed by atoms with Gasteiger partial charge in [0.25, 0.3) is 0 Å². The summed E-state index contributed by atoms with van der Waals surface area (Å²) < 4.78 is 10.8. The van der Waals surface area contributed by atoms with Crippen LogP contribution in [0.2, 0.25) is 0 Å². The zero-order chi connectivity index (χ0) is 17.2. The number of nitrogens with one attached hydrogen (secondary N) is 1. The Kier molecular flexibility index (Phi) is 5.08. The van der Waals surface area contributed by atoms with E-state index in [-0.39, 0.29) is 11.6 Å². The van der Waals surface area contributed by atoms with Crippen LogP contribution in [0.25, 0.3) is 0 Å². The summed E-state index contributed by atoms with van der Waals surface area (Å²) in [7, 11) is 0. The second-order valence-electron chi connectivity index (χ2n) is 7.92. The van der Waals surface area contributed by atoms with Crippen molar-refractivity contribution in [3.05, 3.63) is 11.7 Å². The molecule has 0 aliphatic carbocycles. The van der Waals surface area contributed by atoms with Gasteiger partial charge in [-0.25, -0.2) is 4.79 Å². The Morgan fingerprint density at radius 1 is 1.29 bits per heavy atom. The molecule has 1 N–H and O–H groups in total. The molecule has 2 aliphatic heterocycles. The molecule has 1 aromatic rings. The highest BCUT2D eigenvalue weighted by molar-refractivity contribution is 5.75. The molecular formula is C17H28N4O3. The number of hydrogen-bond acceptors (Lipinski definition) is 5. The van der Waals surface area contributed by atoms with Gasteiger partial charge in [0.05, 0.1) is 0 Å². The molecule has 2 aliphatic rings. The van der Waals surface area contributed by atoms with Crippen molar-refractivity contribution in [1.82, 2.24) is 20.4 Å². The molecule has 3 heterocycles. The predicted molar refractivity (Wildman–Crippen MR) is 88.8 cm³/mol. The van der Waals surface area contributed by atoms with Crippen molar-refractivity contribution in [3.63, 3.8) is 0 Å². The largest absolute Gasteiger partial charge is 0.381 e. The zero-order valence-electron chi connectivity index (χ0n) is 14.9. The number of amides is 2. The van der Waals surface area contributed by atoms with Crippen molar-refractivity contribution in [1.29, 1.82) is 0 Å². The van der Waals surface area contributed by atoms with Crippen LogP contribution in [0.3, 0.4) is 0 Å². The number of urea groups is 1. The highest BCUT2D eigenvalue weighted by Gasteiger charge is 2.30. The Morgan fingerprint density at radius 3 is 2.75 bits per heavy atom. The lowest BCUT2D eigenvalue weighted by Crippen LogP contribution is -2.47. The van der Waals surface area contributed by atoms with Crippen LogP contribution in [0.1, 0.15) is 57.7 Å². The molecule has 0 aromatic carbocycles. The quantitative estimate of drug-likeness (QED) is 0.916. The Hall–Kier alpha value is -1.63. The maximum absolute atomic E-state index is 12.2. The van der Waals surface area contributed by atoms with Gasteiger partial charge in [0, 0.05) is 44.2 Å². The van der Waals surface area contributed by atoms with E-state index >= 15 is 0 Å². The average molecular weight is 336 g/mol. The second kappa shape index (κ2) is 7.09. The molecule has 0 spiro atoms. The standard InChI is InChI=1S/C17H28N4O3/c1-17(2,3)19-16(22)21-7-4-12(11-21)10-14-18-15(24-20-14)13-5-8-23-9-6-13/h12-13H,4-11H2,1-3H3,(H,19,22). The summed E-state index contributed by atoms with van der Waals surface area (Å²) in [4.78, 5) is 18.7. The van der Waals surface area contributed by atoms with Gasteiger partial charge < -0.3 is 19.5 Å². The molecule has 3 rings (SSSR count). The van der Waals surface area contributed by atoms with Crippen LogP contribution >= 0.6 is 0 Å². The summed E-state index contributed by atoms with van der Waals surface area (Å²) >= 11 is 0. The molecule has 0 bridgehead atoms. The van der Waals surface area contributed by atoms with Crippen molar-refractivity contribution >= 4 is 6.03 Å². The van der Waals surface area contributed by atoms with Crippen molar-refractivity contribution in [2.75, 3.05) is 26.3 Å². The minimum Gasteiger partial charge on any atom is -0.381 e. The van der Waals surface area contributed by atoms with Crippen LogP contribution in [0.15, 0.2) is 4.52 Å². The van der Waals surface area contributed by atoms with Gasteiger partial charge in [-0.1, -0.05) is 5.16 Å². The number of nitrogens with zero attached hydrogens (tertiary/aromatic N) is 3. The first kappa shape index (κ1) is 17.2. The van der Waals surface area contributed by atoms with Crippen molar-refractivity contribution in [2.24, 2.45) is 5.92 Å². The van der Waals surface area contributed by atoms with Crippen LogP contribution in [0, 0.1) is 5.92 Å². The fourth-order valence-corrected chi connectivity index (χ4v) is 3.30. The van der Waals surface area contributed by atoms with Crippen LogP contribution in [-0.4, -0.2) is 52.9 Å². The first-order valence-electron chi connectivity index (χ1n) is 8.88. The van der Waals surface area contributed by atoms with Gasteiger partial charge in [-0.15, -0.1) is 0 Å². The van der Waals surface area contributed by atoms with E-state index in [1.54, 1.807) is 0 Å². The number of carbonyl (C=O) groups is 1. The highest BCUT2D eigenvalue weighted by Crippen LogP contribution is 2.26. The number of hydrogen-bond donors (Lipinski definition) is 1. The van der Waals surface area contributed by atoms with Gasteiger partial charge in [0.2, 0.25) is 5.89 Å². The Labute approximate surface area is 143 Å². The second-order valence-corrected chi connectivity index (χ2v) is 7.92. The molecule has 0 radical (unpaired) electrons. The van der Waals surface area contributed by atoms with E-state index in [1.807, 2.05) is 25.7 Å². The Bertz CT molecular complexity index is 560. The number of likely N-dealkylation sites (tertiary alicyclic amines) is 1. The van der Waals surface area contributed by atoms with E-state index in [9.17, 15) is 4.79 Å². The Morgan fingerprint density at radius 2 is 2.04 bits per heavy atom. The van der Waals surface area contributed by atoms with Crippen LogP contribution in [0.4, 0.5) is 4.79 Å². The van der Waals surface area contributed by atoms with E-state index in [4.69, 9.17) is 9.26 Å². The van der Waals surface area contributed by atoms with E-state index in [1.165, 1.54) is 0 Å². The summed E-state index contributed by atoms with van der Waals surface area (Å²) in [5.41, 5.74) is -0.207. The highest BCUT2D eigenvalue weighted by atomic mass is 16.5. The smallest absolute Gasteiger partial charge is 0.317 e. The molecule has 1 unspecified atom stereocenters. The molecule has 1 atom stereocenters. The maximum atomic E-state index is 12.2. The number of carbonyl (C=O) groups excluding carboxylic acids is 1. The molecular weight excluding hydrogens is 308 g/mol. The molecule has 2 saturated heterocycles. The van der Waals surface area contributed by atoms with Gasteiger partial charge in [-0.2, -0.15) is 4.98 Å². The summed E-state index contributed by atoms with van der Waals surface area (Å²) in [5, 5.41) is 7.16. The predicted octanol–water partition coefficient (Wildman–Crippen LogP) is 2.34. The lowest BCUT2D eigenvalue weighted by Gasteiger charge is -2.25. The van der Waals surface area contributed by atoms with E-state index in [2.05, 4.69) is 15.5 Å². The number of ether oxygens (including phenoxy) is 1. The monoisotopic (exact) mass is 336 g/mol. The fraction of sp³-hybridized carbons (Fsp3) is 0.824. The minimum atomic E-state index is -0.207. The van der Waals surface area contributed by atoms with Gasteiger partial charge in [0.15, 0.2) is 5.82 Å². The van der Waals surface area contributed by atoms with Crippen LogP contribution in [-0.2, 0) is 11.2 Å². The van der Waals surface area contributed by atoms with E-state index in [0.29, 0.717) is 11.8 Å². The summed E-state index contributed by atoms with van der Waals surface area (Å²) in [6.07, 6.45) is 3.66. The third kappa shape index (κ3) is 4.47. The topological polar surface area (TPSA) is 80.5 Å². The van der Waals surface area contributed by atoms with Gasteiger partial charge in [-0.3, -0.25) is 0 Å². The molecule has 0 saturated carbocycles. The van der Waals surface area contributed by atoms with Crippen molar-refractivity contribution < 1.29 is 14.1 Å². The molecule has 7 heteroatoms. The zero-order valence-corrected chi connectivity index (χ0v) is 14.9. The lowest BCUT2D eigenvalue weighted by atomic mass is 10.0. The SMILES string of the molecule is CC(C)(C)NC(=O)N1CCC(Cc2noc(C3CCOCC3)n2)C1. The van der Waals surface area contributed by atoms with Crippen LogP contribution in [0.5, 0.6) is 0 Å². The Balaban J connectivity index is 1.50. The number of aromatic nitrogens is 2. The fourth-order valence-electron chi connectivity index (χ4n) is 3.30. The molecule has 2 amide bonds. The van der Waals surface area contributed by atoms with E-state index in [0.717, 1.165) is 63.7 Å². The van der Waals surface area contributed by atoms with Crippen molar-refractivity contribution in [3.8, 4) is 0 Å². The summed E-state index contributed by atoms with van der Waals surface area (Å²) in [6.45, 7) is 9.06. The van der Waals surface area contributed by atoms with Gasteiger partial charge in [-0.05, 0) is 46.0 Å². The molecule has 134 valence electrons. The summed E-state index contributed by atoms with van der Waals surface area (Å²) in [5.74, 6) is 2.24. The first-order valence-corrected chi connectivity index (χ1v) is 8.88. The minimum absolute atomic E-state index is 0.0148. The van der Waals surface area contributed by atoms with Gasteiger partial charge in [0.1, 0.15) is 0 Å². The number of rotatable bonds is 3. The molecule has 2 fully saturated rings. The normalized spacial score (nSPS) is 22.8. The van der Waals surface area contributed by atoms with Crippen molar-refractivity contribution in [2.45, 2.75) is 57.9 Å². The average Bonchev–Trinajstić information content (AvgIpc) is 3.16. The molecule has 24 heavy (non-hydrogen) atoms. The van der Waals surface area contributed by atoms with E-state index < -0.39 is 0 Å². The molecule has 7 nitrogen and oxygen atoms in total. The first-order chi connectivity index (χ1) is 11.4. The van der Waals surface area contributed by atoms with Crippen LogP contribution < -0.4 is 5.32 Å². The van der Waals surface area contributed by atoms with Gasteiger partial charge >= 0.3 is 6.03 Å². The third-order valence-electron chi connectivity index (χ3n) is 4.58. The molecule has 1 aromatic heterocycles. The lowest BCUT2D eigenvalue weighted by molar-refractivity contribution is 0.0778. The third-order valence-corrected chi connectivity index (χ3v) is 4.58. The maximum Gasteiger partial charge on any atom is 0.317 e. The summed E-state index contributed by atoms with van der Waals surface area (Å²) in [6, 6.07) is 0.0148.